The van der Waals surface area contributed by atoms with E-state index in [0.29, 0.717) is 17.2 Å². The van der Waals surface area contributed by atoms with Crippen molar-refractivity contribution in [2.45, 2.75) is 18.4 Å². The standard InChI is InChI=1S/C13H16F2N2O3.ClH/c1-19-9-3-8(4-10(5-9)20-2)17-12(18)11-6-13(14,15)7-16-11;/h3-5,11,16H,6-7H2,1-2H3,(H,17,18);1H. The number of carbonyl (C=O) groups is 1. The highest BCUT2D eigenvalue weighted by Crippen LogP contribution is 2.28. The Morgan fingerprint density at radius 1 is 1.29 bits per heavy atom. The molecule has 8 heteroatoms. The van der Waals surface area contributed by atoms with Crippen molar-refractivity contribution in [1.29, 1.82) is 0 Å². The van der Waals surface area contributed by atoms with E-state index in [1.54, 1.807) is 18.2 Å². The lowest BCUT2D eigenvalue weighted by Crippen LogP contribution is -2.35. The molecule has 0 spiro atoms. The number of rotatable bonds is 4. The van der Waals surface area contributed by atoms with Gasteiger partial charge < -0.3 is 14.8 Å². The number of alkyl halides is 2. The number of ether oxygens (including phenoxy) is 2. The van der Waals surface area contributed by atoms with Crippen LogP contribution in [-0.4, -0.2) is 38.6 Å². The molecule has 1 fully saturated rings. The molecule has 0 saturated carbocycles. The largest absolute Gasteiger partial charge is 0.497 e. The molecule has 21 heavy (non-hydrogen) atoms. The van der Waals surface area contributed by atoms with Crippen LogP contribution in [0.25, 0.3) is 0 Å². The second-order valence-corrected chi connectivity index (χ2v) is 4.58. The number of nitrogens with one attached hydrogen (secondary N) is 2. The molecule has 1 atom stereocenters. The lowest BCUT2D eigenvalue weighted by molar-refractivity contribution is -0.118. The number of hydrogen-bond donors (Lipinski definition) is 2. The molecule has 2 N–H and O–H groups in total. The van der Waals surface area contributed by atoms with Crippen LogP contribution in [0.1, 0.15) is 6.42 Å². The van der Waals surface area contributed by atoms with Crippen LogP contribution in [0.2, 0.25) is 0 Å². The van der Waals surface area contributed by atoms with Crippen LogP contribution in [0, 0.1) is 0 Å². The van der Waals surface area contributed by atoms with Gasteiger partial charge in [-0.3, -0.25) is 10.1 Å². The number of hydrogen-bond acceptors (Lipinski definition) is 4. The van der Waals surface area contributed by atoms with Crippen LogP contribution >= 0.6 is 12.4 Å². The van der Waals surface area contributed by atoms with Crippen molar-refractivity contribution in [1.82, 2.24) is 5.32 Å². The van der Waals surface area contributed by atoms with E-state index in [0.717, 1.165) is 0 Å². The molecule has 1 aromatic rings. The lowest BCUT2D eigenvalue weighted by atomic mass is 10.1. The van der Waals surface area contributed by atoms with Crippen LogP contribution < -0.4 is 20.1 Å². The molecule has 1 unspecified atom stereocenters. The minimum absolute atomic E-state index is 0. The van der Waals surface area contributed by atoms with Crippen LogP contribution in [0.5, 0.6) is 11.5 Å². The van der Waals surface area contributed by atoms with E-state index in [-0.39, 0.29) is 12.4 Å². The molecule has 1 saturated heterocycles. The van der Waals surface area contributed by atoms with Gasteiger partial charge in [-0.1, -0.05) is 0 Å². The summed E-state index contributed by atoms with van der Waals surface area (Å²) in [6, 6.07) is 3.93. The Balaban J connectivity index is 0.00000220. The number of anilines is 1. The molecule has 5 nitrogen and oxygen atoms in total. The van der Waals surface area contributed by atoms with E-state index < -0.39 is 30.8 Å². The van der Waals surface area contributed by atoms with Gasteiger partial charge in [-0.25, -0.2) is 8.78 Å². The van der Waals surface area contributed by atoms with Crippen molar-refractivity contribution < 1.29 is 23.0 Å². The maximum atomic E-state index is 13.0. The van der Waals surface area contributed by atoms with E-state index in [4.69, 9.17) is 9.47 Å². The van der Waals surface area contributed by atoms with Gasteiger partial charge in [-0.2, -0.15) is 0 Å². The van der Waals surface area contributed by atoms with Gasteiger partial charge in [0.1, 0.15) is 11.5 Å². The molecule has 1 amide bonds. The minimum atomic E-state index is -2.84. The molecule has 1 aliphatic rings. The quantitative estimate of drug-likeness (QED) is 0.891. The number of carbonyl (C=O) groups excluding carboxylic acids is 1. The first-order valence-corrected chi connectivity index (χ1v) is 6.09. The molecule has 1 heterocycles. The Kier molecular flexibility index (Phi) is 5.74. The van der Waals surface area contributed by atoms with Crippen molar-refractivity contribution in [2.24, 2.45) is 0 Å². The SMILES string of the molecule is COc1cc(NC(=O)C2CC(F)(F)CN2)cc(OC)c1.Cl. The van der Waals surface area contributed by atoms with E-state index in [9.17, 15) is 13.6 Å². The summed E-state index contributed by atoms with van der Waals surface area (Å²) in [4.78, 5) is 11.9. The van der Waals surface area contributed by atoms with Crippen molar-refractivity contribution in [3.05, 3.63) is 18.2 Å². The van der Waals surface area contributed by atoms with Crippen molar-refractivity contribution in [3.8, 4) is 11.5 Å². The normalized spacial score (nSPS) is 19.5. The van der Waals surface area contributed by atoms with Crippen molar-refractivity contribution in [3.63, 3.8) is 0 Å². The van der Waals surface area contributed by atoms with E-state index in [1.807, 2.05) is 0 Å². The van der Waals surface area contributed by atoms with Crippen molar-refractivity contribution >= 4 is 24.0 Å². The fourth-order valence-electron chi connectivity index (χ4n) is 2.01. The second kappa shape index (κ2) is 6.91. The van der Waals surface area contributed by atoms with Gasteiger partial charge in [0.05, 0.1) is 26.8 Å². The van der Waals surface area contributed by atoms with E-state index >= 15 is 0 Å². The van der Waals surface area contributed by atoms with Crippen LogP contribution in [0.15, 0.2) is 18.2 Å². The third-order valence-electron chi connectivity index (χ3n) is 3.05. The van der Waals surface area contributed by atoms with Crippen molar-refractivity contribution in [2.75, 3.05) is 26.1 Å². The summed E-state index contributed by atoms with van der Waals surface area (Å²) in [6.07, 6.45) is -0.500. The van der Waals surface area contributed by atoms with E-state index in [2.05, 4.69) is 10.6 Å². The first-order valence-electron chi connectivity index (χ1n) is 6.09. The maximum absolute atomic E-state index is 13.0. The second-order valence-electron chi connectivity index (χ2n) is 4.58. The highest BCUT2D eigenvalue weighted by molar-refractivity contribution is 5.95. The summed E-state index contributed by atoms with van der Waals surface area (Å²) in [5.41, 5.74) is 0.434. The summed E-state index contributed by atoms with van der Waals surface area (Å²) in [5.74, 6) is -2.33. The fraction of sp³-hybridized carbons (Fsp3) is 0.462. The summed E-state index contributed by atoms with van der Waals surface area (Å²) in [6.45, 7) is -0.480. The monoisotopic (exact) mass is 322 g/mol. The highest BCUT2D eigenvalue weighted by Gasteiger charge is 2.42. The molecule has 0 aromatic heterocycles. The summed E-state index contributed by atoms with van der Waals surface area (Å²) in [5, 5.41) is 5.08. The smallest absolute Gasteiger partial charge is 0.262 e. The fourth-order valence-corrected chi connectivity index (χ4v) is 2.01. The first kappa shape index (κ1) is 17.5. The molecule has 0 radical (unpaired) electrons. The predicted octanol–water partition coefficient (Wildman–Crippen LogP) is 2.06. The lowest BCUT2D eigenvalue weighted by Gasteiger charge is -2.13. The Morgan fingerprint density at radius 3 is 2.29 bits per heavy atom. The summed E-state index contributed by atoms with van der Waals surface area (Å²) in [7, 11) is 2.97. The molecule has 2 rings (SSSR count). The average molecular weight is 323 g/mol. The zero-order valence-corrected chi connectivity index (χ0v) is 12.4. The Hall–Kier alpha value is -1.60. The van der Waals surface area contributed by atoms with E-state index in [1.165, 1.54) is 14.2 Å². The average Bonchev–Trinajstić information content (AvgIpc) is 2.78. The van der Waals surface area contributed by atoms with Gasteiger partial charge >= 0.3 is 0 Å². The topological polar surface area (TPSA) is 59.6 Å². The third kappa shape index (κ3) is 4.44. The Morgan fingerprint density at radius 2 is 1.86 bits per heavy atom. The van der Waals surface area contributed by atoms with Gasteiger partial charge in [0.25, 0.3) is 5.92 Å². The molecular weight excluding hydrogens is 306 g/mol. The summed E-state index contributed by atoms with van der Waals surface area (Å²) < 4.78 is 36.2. The Bertz CT molecular complexity index is 492. The number of benzene rings is 1. The molecule has 1 aliphatic heterocycles. The third-order valence-corrected chi connectivity index (χ3v) is 3.05. The number of halogens is 3. The zero-order chi connectivity index (χ0) is 14.8. The van der Waals surface area contributed by atoms with Crippen LogP contribution in [-0.2, 0) is 4.79 Å². The molecule has 118 valence electrons. The zero-order valence-electron chi connectivity index (χ0n) is 11.6. The van der Waals surface area contributed by atoms with Crippen LogP contribution in [0.4, 0.5) is 14.5 Å². The predicted molar refractivity (Wildman–Crippen MR) is 76.8 cm³/mol. The summed E-state index contributed by atoms with van der Waals surface area (Å²) >= 11 is 0. The Labute approximate surface area is 127 Å². The minimum Gasteiger partial charge on any atom is -0.497 e. The van der Waals surface area contributed by atoms with Gasteiger partial charge in [-0.15, -0.1) is 12.4 Å². The van der Waals surface area contributed by atoms with Gasteiger partial charge in [0.15, 0.2) is 0 Å². The van der Waals surface area contributed by atoms with Crippen LogP contribution in [0.3, 0.4) is 0 Å². The van der Waals surface area contributed by atoms with Gasteiger partial charge in [0, 0.05) is 30.3 Å². The van der Waals surface area contributed by atoms with Gasteiger partial charge in [0.2, 0.25) is 5.91 Å². The highest BCUT2D eigenvalue weighted by atomic mass is 35.5. The first-order chi connectivity index (χ1) is 9.43. The number of amides is 1. The maximum Gasteiger partial charge on any atom is 0.262 e. The van der Waals surface area contributed by atoms with Gasteiger partial charge in [-0.05, 0) is 0 Å². The molecule has 0 bridgehead atoms. The number of methoxy groups -OCH3 is 2. The molecule has 0 aliphatic carbocycles. The molecule has 1 aromatic carbocycles. The molecular formula is C13H17ClF2N2O3.